The van der Waals surface area contributed by atoms with Crippen LogP contribution in [-0.2, 0) is 6.54 Å². The molecule has 0 amide bonds. The summed E-state index contributed by atoms with van der Waals surface area (Å²) in [5.41, 5.74) is 3.64. The maximum atomic E-state index is 13.5. The van der Waals surface area contributed by atoms with Crippen molar-refractivity contribution >= 4 is 32.6 Å². The van der Waals surface area contributed by atoms with Gasteiger partial charge in [-0.2, -0.15) is 0 Å². The molecular formula is C29H28BrNO4. The first-order valence-corrected chi connectivity index (χ1v) is 12.1. The topological polar surface area (TPSA) is 49.7 Å². The lowest BCUT2D eigenvalue weighted by Gasteiger charge is -2.22. The monoisotopic (exact) mass is 533 g/mol. The van der Waals surface area contributed by atoms with E-state index in [9.17, 15) is 4.79 Å². The van der Waals surface area contributed by atoms with E-state index in [4.69, 9.17) is 14.2 Å². The predicted molar refractivity (Wildman–Crippen MR) is 143 cm³/mol. The van der Waals surface area contributed by atoms with Gasteiger partial charge in [0, 0.05) is 57.6 Å². The number of carbonyl (C=O) groups excluding carboxylic acids is 1. The molecule has 0 N–H and O–H groups in total. The van der Waals surface area contributed by atoms with Crippen LogP contribution in [0.25, 0.3) is 10.9 Å². The van der Waals surface area contributed by atoms with E-state index in [1.54, 1.807) is 21.3 Å². The zero-order valence-corrected chi connectivity index (χ0v) is 21.7. The summed E-state index contributed by atoms with van der Waals surface area (Å²) < 4.78 is 20.0. The average molecular weight is 534 g/mol. The molecule has 0 saturated heterocycles. The molecule has 0 aliphatic carbocycles. The summed E-state index contributed by atoms with van der Waals surface area (Å²) in [6.07, 6.45) is 4.24. The summed E-state index contributed by atoms with van der Waals surface area (Å²) in [5.74, 6) is 1.55. The summed E-state index contributed by atoms with van der Waals surface area (Å²) >= 11 is 3.45. The van der Waals surface area contributed by atoms with Gasteiger partial charge in [0.2, 0.25) is 0 Å². The molecule has 1 aromatic heterocycles. The highest BCUT2D eigenvalue weighted by atomic mass is 79.9. The molecule has 0 aliphatic heterocycles. The standard InChI is InChI=1S/C29H28BrNO4/c1-5-14-31-18-24(21-8-6-7-9-25(21)31)22(15-26(32)19-10-12-20(30)13-11-19)23-16-28(34-3)29(35-4)17-27(23)33-2/h5-13,16-18,22H,1,14-15H2,2-4H3. The lowest BCUT2D eigenvalue weighted by atomic mass is 9.84. The maximum Gasteiger partial charge on any atom is 0.164 e. The Morgan fingerprint density at radius 2 is 1.60 bits per heavy atom. The summed E-state index contributed by atoms with van der Waals surface area (Å²) in [6, 6.07) is 19.4. The second kappa shape index (κ2) is 10.8. The molecule has 1 unspecified atom stereocenters. The molecule has 0 bridgehead atoms. The second-order valence-electron chi connectivity index (χ2n) is 8.18. The summed E-state index contributed by atoms with van der Waals surface area (Å²) in [5, 5.41) is 1.08. The van der Waals surface area contributed by atoms with E-state index in [1.165, 1.54) is 0 Å². The number of ether oxygens (including phenoxy) is 3. The zero-order chi connectivity index (χ0) is 24.9. The molecule has 1 atom stereocenters. The predicted octanol–water partition coefficient (Wildman–Crippen LogP) is 7.02. The molecule has 5 nitrogen and oxygen atoms in total. The fourth-order valence-electron chi connectivity index (χ4n) is 4.49. The number of ketones is 1. The van der Waals surface area contributed by atoms with E-state index in [1.807, 2.05) is 54.6 Å². The molecule has 0 radical (unpaired) electrons. The SMILES string of the molecule is C=CCn1cc(C(CC(=O)c2ccc(Br)cc2)c2cc(OC)c(OC)cc2OC)c2ccccc21. The quantitative estimate of drug-likeness (QED) is 0.162. The fourth-order valence-corrected chi connectivity index (χ4v) is 4.76. The Kier molecular flexibility index (Phi) is 7.61. The van der Waals surface area contributed by atoms with E-state index in [2.05, 4.69) is 45.4 Å². The Morgan fingerprint density at radius 1 is 0.943 bits per heavy atom. The normalized spacial score (nSPS) is 11.8. The van der Waals surface area contributed by atoms with E-state index in [-0.39, 0.29) is 18.1 Å². The second-order valence-corrected chi connectivity index (χ2v) is 9.09. The smallest absolute Gasteiger partial charge is 0.164 e. The van der Waals surface area contributed by atoms with Crippen molar-refractivity contribution < 1.29 is 19.0 Å². The van der Waals surface area contributed by atoms with E-state index in [0.29, 0.717) is 29.4 Å². The molecule has 35 heavy (non-hydrogen) atoms. The minimum atomic E-state index is -0.281. The summed E-state index contributed by atoms with van der Waals surface area (Å²) in [7, 11) is 4.82. The van der Waals surface area contributed by atoms with Crippen molar-refractivity contribution in [1.82, 2.24) is 4.57 Å². The maximum absolute atomic E-state index is 13.5. The van der Waals surface area contributed by atoms with Crippen LogP contribution in [0.2, 0.25) is 0 Å². The van der Waals surface area contributed by atoms with E-state index < -0.39 is 0 Å². The highest BCUT2D eigenvalue weighted by Gasteiger charge is 2.27. The minimum Gasteiger partial charge on any atom is -0.496 e. The minimum absolute atomic E-state index is 0.0416. The summed E-state index contributed by atoms with van der Waals surface area (Å²) in [4.78, 5) is 13.5. The lowest BCUT2D eigenvalue weighted by molar-refractivity contribution is 0.0977. The fraction of sp³-hybridized carbons (Fsp3) is 0.207. The van der Waals surface area contributed by atoms with Gasteiger partial charge in [0.15, 0.2) is 17.3 Å². The van der Waals surface area contributed by atoms with Crippen LogP contribution < -0.4 is 14.2 Å². The van der Waals surface area contributed by atoms with Crippen molar-refractivity contribution in [3.63, 3.8) is 0 Å². The third-order valence-electron chi connectivity index (χ3n) is 6.19. The molecule has 3 aromatic carbocycles. The highest BCUT2D eigenvalue weighted by Crippen LogP contribution is 2.44. The number of carbonyl (C=O) groups is 1. The van der Waals surface area contributed by atoms with Crippen molar-refractivity contribution in [3.05, 3.63) is 101 Å². The van der Waals surface area contributed by atoms with Gasteiger partial charge in [-0.25, -0.2) is 0 Å². The van der Waals surface area contributed by atoms with Crippen molar-refractivity contribution in [1.29, 1.82) is 0 Å². The first kappa shape index (κ1) is 24.6. The van der Waals surface area contributed by atoms with Crippen molar-refractivity contribution in [2.75, 3.05) is 21.3 Å². The zero-order valence-electron chi connectivity index (χ0n) is 20.1. The number of hydrogen-bond acceptors (Lipinski definition) is 4. The molecule has 4 aromatic rings. The average Bonchev–Trinajstić information content (AvgIpc) is 3.25. The molecule has 6 heteroatoms. The summed E-state index contributed by atoms with van der Waals surface area (Å²) in [6.45, 7) is 4.57. The number of rotatable bonds is 10. The van der Waals surface area contributed by atoms with Gasteiger partial charge in [-0.15, -0.1) is 6.58 Å². The Hall–Kier alpha value is -3.51. The van der Waals surface area contributed by atoms with Gasteiger partial charge in [0.25, 0.3) is 0 Å². The number of fused-ring (bicyclic) bond motifs is 1. The molecule has 180 valence electrons. The number of Topliss-reactive ketones (excluding diaryl/α,β-unsaturated/α-hetero) is 1. The van der Waals surface area contributed by atoms with Gasteiger partial charge in [-0.1, -0.05) is 52.3 Å². The third kappa shape index (κ3) is 4.98. The van der Waals surface area contributed by atoms with Gasteiger partial charge in [-0.3, -0.25) is 4.79 Å². The number of halogens is 1. The van der Waals surface area contributed by atoms with Gasteiger partial charge >= 0.3 is 0 Å². The van der Waals surface area contributed by atoms with Gasteiger partial charge < -0.3 is 18.8 Å². The van der Waals surface area contributed by atoms with Crippen LogP contribution in [0.3, 0.4) is 0 Å². The Balaban J connectivity index is 1.92. The molecule has 0 fully saturated rings. The van der Waals surface area contributed by atoms with Gasteiger partial charge in [0.05, 0.1) is 21.3 Å². The highest BCUT2D eigenvalue weighted by molar-refractivity contribution is 9.10. The van der Waals surface area contributed by atoms with Crippen LogP contribution in [0.1, 0.15) is 33.8 Å². The lowest BCUT2D eigenvalue weighted by Crippen LogP contribution is -2.11. The van der Waals surface area contributed by atoms with Crippen LogP contribution in [0.5, 0.6) is 17.2 Å². The number of benzene rings is 3. The van der Waals surface area contributed by atoms with Crippen molar-refractivity contribution in [2.24, 2.45) is 0 Å². The van der Waals surface area contributed by atoms with E-state index in [0.717, 1.165) is 26.5 Å². The van der Waals surface area contributed by atoms with Crippen LogP contribution >= 0.6 is 15.9 Å². The Morgan fingerprint density at radius 3 is 2.26 bits per heavy atom. The van der Waals surface area contributed by atoms with Gasteiger partial charge in [-0.05, 0) is 29.8 Å². The van der Waals surface area contributed by atoms with Crippen LogP contribution in [0.15, 0.2) is 84.0 Å². The largest absolute Gasteiger partial charge is 0.496 e. The van der Waals surface area contributed by atoms with Crippen LogP contribution in [-0.4, -0.2) is 31.7 Å². The molecule has 0 spiro atoms. The van der Waals surface area contributed by atoms with Crippen molar-refractivity contribution in [2.45, 2.75) is 18.9 Å². The number of aromatic nitrogens is 1. The molecule has 0 aliphatic rings. The van der Waals surface area contributed by atoms with Crippen LogP contribution in [0, 0.1) is 0 Å². The third-order valence-corrected chi connectivity index (χ3v) is 6.72. The van der Waals surface area contributed by atoms with Crippen molar-refractivity contribution in [3.8, 4) is 17.2 Å². The number of nitrogens with zero attached hydrogens (tertiary/aromatic N) is 1. The van der Waals surface area contributed by atoms with Crippen LogP contribution in [0.4, 0.5) is 0 Å². The molecule has 0 saturated carbocycles. The first-order chi connectivity index (χ1) is 17.0. The molecular weight excluding hydrogens is 506 g/mol. The van der Waals surface area contributed by atoms with E-state index >= 15 is 0 Å². The Labute approximate surface area is 214 Å². The Bertz CT molecular complexity index is 1360. The number of para-hydroxylation sites is 1. The molecule has 4 rings (SSSR count). The van der Waals surface area contributed by atoms with Gasteiger partial charge in [0.1, 0.15) is 5.75 Å². The number of allylic oxidation sites excluding steroid dienone is 1. The number of hydrogen-bond donors (Lipinski definition) is 0. The first-order valence-electron chi connectivity index (χ1n) is 11.3. The molecule has 1 heterocycles. The number of methoxy groups -OCH3 is 3.